The van der Waals surface area contributed by atoms with Crippen LogP contribution in [0.2, 0.25) is 0 Å². The fourth-order valence-electron chi connectivity index (χ4n) is 4.90. The van der Waals surface area contributed by atoms with Crippen molar-refractivity contribution in [2.75, 3.05) is 12.0 Å². The van der Waals surface area contributed by atoms with Crippen molar-refractivity contribution in [1.29, 1.82) is 0 Å². The minimum absolute atomic E-state index is 0.271. The molecule has 2 aromatic carbocycles. The maximum atomic E-state index is 13.8. The van der Waals surface area contributed by atoms with Crippen LogP contribution in [0.4, 0.5) is 10.1 Å². The summed E-state index contributed by atoms with van der Waals surface area (Å²) in [6, 6.07) is 17.2. The van der Waals surface area contributed by atoms with Crippen LogP contribution in [0, 0.1) is 17.7 Å². The first kappa shape index (κ1) is 20.5. The Balaban J connectivity index is 1.71. The van der Waals surface area contributed by atoms with Crippen LogP contribution in [-0.2, 0) is 24.7 Å². The highest BCUT2D eigenvalue weighted by Crippen LogP contribution is 2.54. The standard InChI is InChI=1S/C24H19FN2O4S/c1-31-23(30)24(14-6-3-2-4-7-14)19-18(20(26-24)17-8-5-13-32-17)21(28)27(22(19)29)16-11-9-15(25)10-12-16/h2-13,18-20,26H,1H3/t18-,19-,20+,24+/m0/s1. The highest BCUT2D eigenvalue weighted by Gasteiger charge is 2.69. The van der Waals surface area contributed by atoms with Gasteiger partial charge in [-0.2, -0.15) is 0 Å². The Morgan fingerprint density at radius 3 is 2.38 bits per heavy atom. The van der Waals surface area contributed by atoms with Crippen molar-refractivity contribution >= 4 is 34.8 Å². The molecule has 2 aliphatic heterocycles. The van der Waals surface area contributed by atoms with Gasteiger partial charge in [-0.15, -0.1) is 11.3 Å². The molecule has 2 fully saturated rings. The summed E-state index contributed by atoms with van der Waals surface area (Å²) in [5, 5.41) is 5.21. The molecule has 6 nitrogen and oxygen atoms in total. The molecular formula is C24H19FN2O4S. The van der Waals surface area contributed by atoms with Crippen molar-refractivity contribution in [3.8, 4) is 0 Å². The number of hydrogen-bond donors (Lipinski definition) is 1. The first-order valence-corrected chi connectivity index (χ1v) is 11.0. The molecule has 1 aromatic heterocycles. The SMILES string of the molecule is COC(=O)[C@]1(c2ccccc2)N[C@H](c2cccs2)[C@H]2C(=O)N(c3ccc(F)cc3)C(=O)[C@H]21. The van der Waals surface area contributed by atoms with Crippen LogP contribution in [-0.4, -0.2) is 24.9 Å². The van der Waals surface area contributed by atoms with E-state index in [0.717, 1.165) is 9.78 Å². The normalized spacial score (nSPS) is 26.9. The van der Waals surface area contributed by atoms with E-state index in [-0.39, 0.29) is 5.69 Å². The molecule has 0 radical (unpaired) electrons. The molecule has 0 aliphatic carbocycles. The number of nitrogens with one attached hydrogen (secondary N) is 1. The van der Waals surface area contributed by atoms with E-state index in [1.165, 1.54) is 42.7 Å². The average Bonchev–Trinajstić information content (AvgIpc) is 3.52. The summed E-state index contributed by atoms with van der Waals surface area (Å²) >= 11 is 1.44. The third kappa shape index (κ3) is 2.83. The van der Waals surface area contributed by atoms with Gasteiger partial charge in [-0.05, 0) is 41.3 Å². The van der Waals surface area contributed by atoms with E-state index in [0.29, 0.717) is 5.56 Å². The molecule has 0 bridgehead atoms. The molecule has 1 N–H and O–H groups in total. The number of fused-ring (bicyclic) bond motifs is 1. The lowest BCUT2D eigenvalue weighted by molar-refractivity contribution is -0.152. The topological polar surface area (TPSA) is 75.7 Å². The number of carbonyl (C=O) groups excluding carboxylic acids is 3. The number of nitrogens with zero attached hydrogens (tertiary/aromatic N) is 1. The largest absolute Gasteiger partial charge is 0.467 e. The molecular weight excluding hydrogens is 431 g/mol. The summed E-state index contributed by atoms with van der Waals surface area (Å²) in [4.78, 5) is 42.6. The van der Waals surface area contributed by atoms with Crippen LogP contribution in [0.15, 0.2) is 72.1 Å². The molecule has 2 saturated heterocycles. The minimum Gasteiger partial charge on any atom is -0.467 e. The monoisotopic (exact) mass is 450 g/mol. The smallest absolute Gasteiger partial charge is 0.331 e. The molecule has 32 heavy (non-hydrogen) atoms. The van der Waals surface area contributed by atoms with Gasteiger partial charge >= 0.3 is 5.97 Å². The van der Waals surface area contributed by atoms with Crippen molar-refractivity contribution in [2.45, 2.75) is 11.6 Å². The van der Waals surface area contributed by atoms with Crippen LogP contribution < -0.4 is 10.2 Å². The minimum atomic E-state index is -1.54. The van der Waals surface area contributed by atoms with E-state index in [4.69, 9.17) is 4.74 Å². The van der Waals surface area contributed by atoms with Gasteiger partial charge in [0.15, 0.2) is 5.54 Å². The molecule has 0 unspecified atom stereocenters. The van der Waals surface area contributed by atoms with E-state index in [1.807, 2.05) is 23.6 Å². The molecule has 3 aromatic rings. The van der Waals surface area contributed by atoms with E-state index < -0.39 is 47.0 Å². The van der Waals surface area contributed by atoms with Gasteiger partial charge in [0, 0.05) is 4.88 Å². The Hall–Kier alpha value is -3.36. The van der Waals surface area contributed by atoms with Crippen molar-refractivity contribution in [3.05, 3.63) is 88.4 Å². The van der Waals surface area contributed by atoms with Gasteiger partial charge in [0.1, 0.15) is 5.82 Å². The van der Waals surface area contributed by atoms with Crippen LogP contribution in [0.3, 0.4) is 0 Å². The molecule has 3 heterocycles. The number of ether oxygens (including phenoxy) is 1. The van der Waals surface area contributed by atoms with Gasteiger partial charge in [-0.3, -0.25) is 14.9 Å². The van der Waals surface area contributed by atoms with E-state index in [1.54, 1.807) is 24.3 Å². The maximum Gasteiger partial charge on any atom is 0.331 e. The molecule has 2 amide bonds. The highest BCUT2D eigenvalue weighted by molar-refractivity contribution is 7.10. The number of amides is 2. The van der Waals surface area contributed by atoms with Crippen molar-refractivity contribution in [2.24, 2.45) is 11.8 Å². The lowest BCUT2D eigenvalue weighted by atomic mass is 9.75. The third-order valence-electron chi connectivity index (χ3n) is 6.23. The van der Waals surface area contributed by atoms with Gasteiger partial charge in [-0.1, -0.05) is 36.4 Å². The van der Waals surface area contributed by atoms with Crippen LogP contribution >= 0.6 is 11.3 Å². The number of rotatable bonds is 4. The molecule has 2 aliphatic rings. The third-order valence-corrected chi connectivity index (χ3v) is 7.19. The number of methoxy groups -OCH3 is 1. The van der Waals surface area contributed by atoms with Gasteiger partial charge in [0.2, 0.25) is 11.8 Å². The average molecular weight is 450 g/mol. The fraction of sp³-hybridized carbons (Fsp3) is 0.208. The van der Waals surface area contributed by atoms with E-state index in [9.17, 15) is 18.8 Å². The second-order valence-electron chi connectivity index (χ2n) is 7.79. The molecule has 4 atom stereocenters. The number of anilines is 1. The number of hydrogen-bond acceptors (Lipinski definition) is 6. The number of thiophene rings is 1. The lowest BCUT2D eigenvalue weighted by Crippen LogP contribution is -2.53. The molecule has 0 saturated carbocycles. The van der Waals surface area contributed by atoms with E-state index in [2.05, 4.69) is 5.32 Å². The summed E-state index contributed by atoms with van der Waals surface area (Å²) in [7, 11) is 1.27. The zero-order valence-corrected chi connectivity index (χ0v) is 17.8. The highest BCUT2D eigenvalue weighted by atomic mass is 32.1. The summed E-state index contributed by atoms with van der Waals surface area (Å²) in [5.41, 5.74) is -0.729. The summed E-state index contributed by atoms with van der Waals surface area (Å²) in [5.74, 6) is -3.92. The number of halogens is 1. The number of imide groups is 1. The zero-order chi connectivity index (χ0) is 22.5. The first-order valence-electron chi connectivity index (χ1n) is 10.1. The number of benzene rings is 2. The van der Waals surface area contributed by atoms with Gasteiger partial charge in [0.05, 0.1) is 30.7 Å². The fourth-order valence-corrected chi connectivity index (χ4v) is 5.72. The summed E-state index contributed by atoms with van der Waals surface area (Å²) in [6.45, 7) is 0. The van der Waals surface area contributed by atoms with Gasteiger partial charge in [-0.25, -0.2) is 14.1 Å². The van der Waals surface area contributed by atoms with Crippen LogP contribution in [0.1, 0.15) is 16.5 Å². The molecule has 8 heteroatoms. The van der Waals surface area contributed by atoms with Crippen molar-refractivity contribution in [1.82, 2.24) is 5.32 Å². The predicted octanol–water partition coefficient (Wildman–Crippen LogP) is 3.41. The number of esters is 1. The first-order chi connectivity index (χ1) is 15.5. The Morgan fingerprint density at radius 2 is 1.75 bits per heavy atom. The Morgan fingerprint density at radius 1 is 1.03 bits per heavy atom. The second-order valence-corrected chi connectivity index (χ2v) is 8.77. The predicted molar refractivity (Wildman–Crippen MR) is 116 cm³/mol. The Labute approximate surface area is 187 Å². The van der Waals surface area contributed by atoms with Crippen molar-refractivity contribution in [3.63, 3.8) is 0 Å². The quantitative estimate of drug-likeness (QED) is 0.487. The second kappa shape index (κ2) is 7.65. The summed E-state index contributed by atoms with van der Waals surface area (Å²) < 4.78 is 18.7. The molecule has 5 rings (SSSR count). The number of carbonyl (C=O) groups is 3. The zero-order valence-electron chi connectivity index (χ0n) is 17.0. The lowest BCUT2D eigenvalue weighted by Gasteiger charge is -2.32. The van der Waals surface area contributed by atoms with Crippen molar-refractivity contribution < 1.29 is 23.5 Å². The maximum absolute atomic E-state index is 13.8. The van der Waals surface area contributed by atoms with E-state index >= 15 is 0 Å². The summed E-state index contributed by atoms with van der Waals surface area (Å²) in [6.07, 6.45) is 0. The Kier molecular flexibility index (Phi) is 4.91. The van der Waals surface area contributed by atoms with Gasteiger partial charge in [0.25, 0.3) is 0 Å². The molecule has 162 valence electrons. The molecule has 0 spiro atoms. The Bertz CT molecular complexity index is 1180. The van der Waals surface area contributed by atoms with Crippen LogP contribution in [0.25, 0.3) is 0 Å². The van der Waals surface area contributed by atoms with Gasteiger partial charge < -0.3 is 4.74 Å². The van der Waals surface area contributed by atoms with Crippen LogP contribution in [0.5, 0.6) is 0 Å².